The predicted octanol–water partition coefficient (Wildman–Crippen LogP) is 3.02. The SMILES string of the molecule is CCC(O)c1cn(-c2ccc(Cl)cc2Cl)nn1. The Hall–Kier alpha value is -1.10. The van der Waals surface area contributed by atoms with E-state index in [-0.39, 0.29) is 0 Å². The van der Waals surface area contributed by atoms with Crippen molar-refractivity contribution < 1.29 is 5.11 Å². The molecule has 0 saturated carbocycles. The van der Waals surface area contributed by atoms with Crippen molar-refractivity contribution in [2.75, 3.05) is 0 Å². The van der Waals surface area contributed by atoms with E-state index in [1.165, 1.54) is 4.68 Å². The molecule has 1 atom stereocenters. The largest absolute Gasteiger partial charge is 0.387 e. The Morgan fingerprint density at radius 3 is 2.82 bits per heavy atom. The monoisotopic (exact) mass is 271 g/mol. The van der Waals surface area contributed by atoms with Gasteiger partial charge >= 0.3 is 0 Å². The number of aromatic nitrogens is 3. The van der Waals surface area contributed by atoms with Gasteiger partial charge in [0.15, 0.2) is 0 Å². The summed E-state index contributed by atoms with van der Waals surface area (Å²) in [4.78, 5) is 0. The molecule has 0 amide bonds. The molecule has 4 nitrogen and oxygen atoms in total. The number of hydrogen-bond acceptors (Lipinski definition) is 3. The van der Waals surface area contributed by atoms with Crippen LogP contribution < -0.4 is 0 Å². The summed E-state index contributed by atoms with van der Waals surface area (Å²) >= 11 is 11.9. The lowest BCUT2D eigenvalue weighted by Crippen LogP contribution is -1.96. The van der Waals surface area contributed by atoms with E-state index in [9.17, 15) is 5.11 Å². The standard InChI is InChI=1S/C11H11Cl2N3O/c1-2-11(17)9-6-16(15-14-9)10-4-3-7(12)5-8(10)13/h3-6,11,17H,2H2,1H3. The predicted molar refractivity (Wildman–Crippen MR) is 66.6 cm³/mol. The fourth-order valence-corrected chi connectivity index (χ4v) is 1.92. The van der Waals surface area contributed by atoms with Crippen molar-refractivity contribution in [2.45, 2.75) is 19.4 Å². The van der Waals surface area contributed by atoms with E-state index in [0.29, 0.717) is 27.8 Å². The molecule has 1 unspecified atom stereocenters. The van der Waals surface area contributed by atoms with E-state index in [0.717, 1.165) is 0 Å². The van der Waals surface area contributed by atoms with Crippen LogP contribution >= 0.6 is 23.2 Å². The van der Waals surface area contributed by atoms with E-state index in [4.69, 9.17) is 23.2 Å². The van der Waals surface area contributed by atoms with Gasteiger partial charge in [0, 0.05) is 5.02 Å². The summed E-state index contributed by atoms with van der Waals surface area (Å²) in [5.41, 5.74) is 1.21. The summed E-state index contributed by atoms with van der Waals surface area (Å²) in [5, 5.41) is 18.5. The van der Waals surface area contributed by atoms with Crippen LogP contribution in [0.1, 0.15) is 25.1 Å². The fourth-order valence-electron chi connectivity index (χ4n) is 1.42. The third-order valence-corrected chi connectivity index (χ3v) is 2.93. The maximum atomic E-state index is 9.63. The molecule has 0 radical (unpaired) electrons. The average molecular weight is 272 g/mol. The minimum Gasteiger partial charge on any atom is -0.387 e. The van der Waals surface area contributed by atoms with Gasteiger partial charge in [-0.1, -0.05) is 35.3 Å². The van der Waals surface area contributed by atoms with Crippen LogP contribution in [0.3, 0.4) is 0 Å². The number of nitrogens with zero attached hydrogens (tertiary/aromatic N) is 3. The lowest BCUT2D eigenvalue weighted by Gasteiger charge is -2.03. The zero-order valence-electron chi connectivity index (χ0n) is 9.14. The van der Waals surface area contributed by atoms with Gasteiger partial charge in [-0.15, -0.1) is 5.10 Å². The van der Waals surface area contributed by atoms with Crippen molar-refractivity contribution in [3.8, 4) is 5.69 Å². The third-order valence-electron chi connectivity index (χ3n) is 2.40. The number of benzene rings is 1. The topological polar surface area (TPSA) is 50.9 Å². The number of hydrogen-bond donors (Lipinski definition) is 1. The molecule has 6 heteroatoms. The quantitative estimate of drug-likeness (QED) is 0.934. The van der Waals surface area contributed by atoms with Gasteiger partial charge in [0.05, 0.1) is 23.0 Å². The maximum absolute atomic E-state index is 9.63. The molecule has 1 heterocycles. The maximum Gasteiger partial charge on any atom is 0.112 e. The first-order chi connectivity index (χ1) is 8.11. The summed E-state index contributed by atoms with van der Waals surface area (Å²) in [7, 11) is 0. The van der Waals surface area contributed by atoms with Gasteiger partial charge < -0.3 is 5.11 Å². The normalized spacial score (nSPS) is 12.7. The first-order valence-corrected chi connectivity index (χ1v) is 5.93. The minimum absolute atomic E-state index is 0.486. The van der Waals surface area contributed by atoms with Crippen molar-refractivity contribution >= 4 is 23.2 Å². The molecule has 90 valence electrons. The van der Waals surface area contributed by atoms with Crippen molar-refractivity contribution in [3.63, 3.8) is 0 Å². The van der Waals surface area contributed by atoms with Gasteiger partial charge in [0.25, 0.3) is 0 Å². The molecule has 0 saturated heterocycles. The Kier molecular flexibility index (Phi) is 3.66. The van der Waals surface area contributed by atoms with Crippen molar-refractivity contribution in [2.24, 2.45) is 0 Å². The molecular formula is C11H11Cl2N3O. The van der Waals surface area contributed by atoms with Crippen LogP contribution in [0.2, 0.25) is 10.0 Å². The van der Waals surface area contributed by atoms with Gasteiger partial charge in [0.2, 0.25) is 0 Å². The molecule has 0 fully saturated rings. The van der Waals surface area contributed by atoms with Crippen LogP contribution in [0, 0.1) is 0 Å². The van der Waals surface area contributed by atoms with Gasteiger partial charge in [0.1, 0.15) is 5.69 Å². The number of rotatable bonds is 3. The van der Waals surface area contributed by atoms with Gasteiger partial charge in [-0.2, -0.15) is 0 Å². The zero-order valence-corrected chi connectivity index (χ0v) is 10.7. The van der Waals surface area contributed by atoms with Gasteiger partial charge in [-0.3, -0.25) is 0 Å². The van der Waals surface area contributed by atoms with Crippen LogP contribution in [0.5, 0.6) is 0 Å². The third kappa shape index (κ3) is 2.60. The Balaban J connectivity index is 2.37. The molecule has 2 rings (SSSR count). The Bertz CT molecular complexity index is 527. The summed E-state index contributed by atoms with van der Waals surface area (Å²) in [6, 6.07) is 5.11. The van der Waals surface area contributed by atoms with E-state index in [1.807, 2.05) is 6.92 Å². The second-order valence-corrected chi connectivity index (χ2v) is 4.45. The number of aliphatic hydroxyl groups excluding tert-OH is 1. The highest BCUT2D eigenvalue weighted by atomic mass is 35.5. The zero-order chi connectivity index (χ0) is 12.4. The molecule has 2 aromatic rings. The second kappa shape index (κ2) is 5.04. The molecule has 0 bridgehead atoms. The summed E-state index contributed by atoms with van der Waals surface area (Å²) in [6.07, 6.45) is 1.64. The molecule has 0 aliphatic carbocycles. The fraction of sp³-hybridized carbons (Fsp3) is 0.273. The van der Waals surface area contributed by atoms with Crippen LogP contribution in [0.25, 0.3) is 5.69 Å². The van der Waals surface area contributed by atoms with Crippen molar-refractivity contribution in [3.05, 3.63) is 40.1 Å². The van der Waals surface area contributed by atoms with Crippen LogP contribution in [0.15, 0.2) is 24.4 Å². The second-order valence-electron chi connectivity index (χ2n) is 3.61. The van der Waals surface area contributed by atoms with Crippen molar-refractivity contribution in [1.29, 1.82) is 0 Å². The summed E-state index contributed by atoms with van der Waals surface area (Å²) < 4.78 is 1.52. The first-order valence-electron chi connectivity index (χ1n) is 5.17. The van der Waals surface area contributed by atoms with Gasteiger partial charge in [-0.05, 0) is 24.6 Å². The van der Waals surface area contributed by atoms with E-state index >= 15 is 0 Å². The molecular weight excluding hydrogens is 261 g/mol. The molecule has 0 aliphatic heterocycles. The lowest BCUT2D eigenvalue weighted by atomic mass is 10.2. The van der Waals surface area contributed by atoms with Crippen LogP contribution in [0.4, 0.5) is 0 Å². The molecule has 1 aromatic heterocycles. The summed E-state index contributed by atoms with van der Waals surface area (Å²) in [5.74, 6) is 0. The van der Waals surface area contributed by atoms with E-state index in [2.05, 4.69) is 10.3 Å². The highest BCUT2D eigenvalue weighted by Gasteiger charge is 2.12. The first kappa shape index (κ1) is 12.4. The van der Waals surface area contributed by atoms with Crippen LogP contribution in [-0.4, -0.2) is 20.1 Å². The average Bonchev–Trinajstić information content (AvgIpc) is 2.77. The Morgan fingerprint density at radius 2 is 2.18 bits per heavy atom. The Labute approximate surface area is 109 Å². The summed E-state index contributed by atoms with van der Waals surface area (Å²) in [6.45, 7) is 1.87. The highest BCUT2D eigenvalue weighted by Crippen LogP contribution is 2.24. The minimum atomic E-state index is -0.602. The molecule has 1 N–H and O–H groups in total. The van der Waals surface area contributed by atoms with Crippen LogP contribution in [-0.2, 0) is 0 Å². The van der Waals surface area contributed by atoms with E-state index < -0.39 is 6.10 Å². The smallest absolute Gasteiger partial charge is 0.112 e. The molecule has 0 spiro atoms. The molecule has 17 heavy (non-hydrogen) atoms. The molecule has 1 aromatic carbocycles. The van der Waals surface area contributed by atoms with Crippen molar-refractivity contribution in [1.82, 2.24) is 15.0 Å². The number of halogens is 2. The molecule has 0 aliphatic rings. The van der Waals surface area contributed by atoms with Gasteiger partial charge in [-0.25, -0.2) is 4.68 Å². The lowest BCUT2D eigenvalue weighted by molar-refractivity contribution is 0.169. The van der Waals surface area contributed by atoms with E-state index in [1.54, 1.807) is 24.4 Å². The number of aliphatic hydroxyl groups is 1. The highest BCUT2D eigenvalue weighted by molar-refractivity contribution is 6.35. The Morgan fingerprint density at radius 1 is 1.41 bits per heavy atom.